The minimum absolute atomic E-state index is 0.103. The van der Waals surface area contributed by atoms with Crippen molar-refractivity contribution >= 4 is 17.0 Å². The first-order chi connectivity index (χ1) is 12.3. The molecule has 26 heavy (non-hydrogen) atoms. The number of nitrogens with zero attached hydrogens (tertiary/aromatic N) is 4. The number of alkyl halides is 3. The lowest BCUT2D eigenvalue weighted by molar-refractivity contribution is -0.137. The van der Waals surface area contributed by atoms with Gasteiger partial charge < -0.3 is 15.4 Å². The zero-order valence-electron chi connectivity index (χ0n) is 13.5. The van der Waals surface area contributed by atoms with E-state index in [1.54, 1.807) is 6.92 Å². The molecule has 10 heteroatoms. The molecule has 0 saturated carbocycles. The van der Waals surface area contributed by atoms with E-state index in [0.29, 0.717) is 5.56 Å². The van der Waals surface area contributed by atoms with Crippen LogP contribution in [0.2, 0.25) is 0 Å². The molecule has 3 rings (SSSR count). The van der Waals surface area contributed by atoms with Gasteiger partial charge in [-0.1, -0.05) is 0 Å². The number of nitrogens with one attached hydrogen (secondary N) is 2. The fourth-order valence-corrected chi connectivity index (χ4v) is 2.35. The molecule has 1 atom stereocenters. The molecule has 7 nitrogen and oxygen atoms in total. The predicted octanol–water partition coefficient (Wildman–Crippen LogP) is 2.70. The molecule has 3 aromatic rings. The van der Waals surface area contributed by atoms with Crippen molar-refractivity contribution in [2.75, 3.05) is 11.9 Å². The van der Waals surface area contributed by atoms with E-state index in [1.165, 1.54) is 12.4 Å². The first-order valence-electron chi connectivity index (χ1n) is 7.53. The zero-order chi connectivity index (χ0) is 18.9. The number of aliphatic hydroxyl groups excluding tert-OH is 1. The molecule has 1 unspecified atom stereocenters. The summed E-state index contributed by atoms with van der Waals surface area (Å²) in [7, 11) is 0. The quantitative estimate of drug-likeness (QED) is 0.658. The molecule has 134 valence electrons. The zero-order valence-corrected chi connectivity index (χ0v) is 13.5. The van der Waals surface area contributed by atoms with Gasteiger partial charge in [0.05, 0.1) is 29.1 Å². The number of nitriles is 1. The van der Waals surface area contributed by atoms with E-state index in [0.717, 1.165) is 12.3 Å². The van der Waals surface area contributed by atoms with Crippen molar-refractivity contribution in [1.82, 2.24) is 19.9 Å². The standard InChI is InChI=1S/C16H13F3N6O/c1-8(26)4-23-15-24-5-9(3-20)13(25-15)12-7-22-14-11(12)2-10(6-21-14)16(17,18)19/h2,5-8,26H,4H2,1H3,(H,21,22)(H,23,24,25). The van der Waals surface area contributed by atoms with Crippen molar-refractivity contribution in [1.29, 1.82) is 5.26 Å². The molecule has 0 radical (unpaired) electrons. The highest BCUT2D eigenvalue weighted by Gasteiger charge is 2.31. The van der Waals surface area contributed by atoms with Crippen LogP contribution < -0.4 is 5.32 Å². The van der Waals surface area contributed by atoms with Crippen molar-refractivity contribution in [2.45, 2.75) is 19.2 Å². The van der Waals surface area contributed by atoms with Crippen LogP contribution >= 0.6 is 0 Å². The van der Waals surface area contributed by atoms with Gasteiger partial charge >= 0.3 is 6.18 Å². The van der Waals surface area contributed by atoms with Crippen LogP contribution in [0.25, 0.3) is 22.3 Å². The van der Waals surface area contributed by atoms with Gasteiger partial charge in [-0.3, -0.25) is 0 Å². The Labute approximate surface area is 145 Å². The van der Waals surface area contributed by atoms with Gasteiger partial charge in [0, 0.05) is 29.9 Å². The molecule has 0 aliphatic heterocycles. The van der Waals surface area contributed by atoms with Gasteiger partial charge in [-0.15, -0.1) is 0 Å². The van der Waals surface area contributed by atoms with Crippen LogP contribution in [0.1, 0.15) is 18.1 Å². The smallest absolute Gasteiger partial charge is 0.392 e. The van der Waals surface area contributed by atoms with Gasteiger partial charge in [0.1, 0.15) is 11.7 Å². The number of hydrogen-bond acceptors (Lipinski definition) is 6. The summed E-state index contributed by atoms with van der Waals surface area (Å²) in [6.45, 7) is 1.75. The molecule has 0 amide bonds. The largest absolute Gasteiger partial charge is 0.417 e. The second-order valence-corrected chi connectivity index (χ2v) is 5.62. The lowest BCUT2D eigenvalue weighted by Crippen LogP contribution is -2.17. The lowest BCUT2D eigenvalue weighted by Gasteiger charge is -2.09. The molecule has 0 aliphatic rings. The highest BCUT2D eigenvalue weighted by atomic mass is 19.4. The molecule has 0 bridgehead atoms. The number of aliphatic hydroxyl groups is 1. The van der Waals surface area contributed by atoms with Gasteiger partial charge in [-0.05, 0) is 13.0 Å². The van der Waals surface area contributed by atoms with Crippen LogP contribution in [-0.4, -0.2) is 37.7 Å². The maximum atomic E-state index is 13.0. The van der Waals surface area contributed by atoms with E-state index >= 15 is 0 Å². The highest BCUT2D eigenvalue weighted by Crippen LogP contribution is 2.34. The molecule has 3 N–H and O–H groups in total. The number of aromatic amines is 1. The normalized spacial score (nSPS) is 12.8. The van der Waals surface area contributed by atoms with Crippen molar-refractivity contribution in [3.63, 3.8) is 0 Å². The Morgan fingerprint density at radius 3 is 2.77 bits per heavy atom. The average molecular weight is 362 g/mol. The molecular weight excluding hydrogens is 349 g/mol. The van der Waals surface area contributed by atoms with E-state index in [9.17, 15) is 23.5 Å². The summed E-state index contributed by atoms with van der Waals surface area (Å²) in [6.07, 6.45) is -1.73. The summed E-state index contributed by atoms with van der Waals surface area (Å²) in [4.78, 5) is 14.7. The van der Waals surface area contributed by atoms with Crippen LogP contribution in [-0.2, 0) is 6.18 Å². The third-order valence-electron chi connectivity index (χ3n) is 3.58. The Morgan fingerprint density at radius 1 is 1.35 bits per heavy atom. The second-order valence-electron chi connectivity index (χ2n) is 5.62. The predicted molar refractivity (Wildman–Crippen MR) is 87.0 cm³/mol. The third-order valence-corrected chi connectivity index (χ3v) is 3.58. The number of rotatable bonds is 4. The van der Waals surface area contributed by atoms with Crippen LogP contribution in [0.4, 0.5) is 19.1 Å². The summed E-state index contributed by atoms with van der Waals surface area (Å²) >= 11 is 0. The molecule has 0 spiro atoms. The summed E-state index contributed by atoms with van der Waals surface area (Å²) in [6, 6.07) is 2.89. The van der Waals surface area contributed by atoms with Crippen molar-refractivity contribution < 1.29 is 18.3 Å². The van der Waals surface area contributed by atoms with Crippen LogP contribution in [0.5, 0.6) is 0 Å². The van der Waals surface area contributed by atoms with Gasteiger partial charge in [0.2, 0.25) is 5.95 Å². The molecule has 3 aromatic heterocycles. The van der Waals surface area contributed by atoms with E-state index in [-0.39, 0.29) is 34.8 Å². The fourth-order valence-electron chi connectivity index (χ4n) is 2.35. The van der Waals surface area contributed by atoms with Crippen LogP contribution in [0, 0.1) is 11.3 Å². The summed E-state index contributed by atoms with van der Waals surface area (Å²) < 4.78 is 38.9. The fraction of sp³-hybridized carbons (Fsp3) is 0.250. The van der Waals surface area contributed by atoms with Crippen LogP contribution in [0.3, 0.4) is 0 Å². The topological polar surface area (TPSA) is 111 Å². The van der Waals surface area contributed by atoms with Gasteiger partial charge in [0.15, 0.2) is 0 Å². The first kappa shape index (κ1) is 17.6. The number of hydrogen-bond donors (Lipinski definition) is 3. The number of pyridine rings is 1. The highest BCUT2D eigenvalue weighted by molar-refractivity contribution is 5.94. The minimum atomic E-state index is -4.54. The monoisotopic (exact) mass is 362 g/mol. The summed E-state index contributed by atoms with van der Waals surface area (Å²) in [5.41, 5.74) is -0.0774. The van der Waals surface area contributed by atoms with E-state index in [1.807, 2.05) is 6.07 Å². The molecule has 0 fully saturated rings. The molecule has 0 aliphatic carbocycles. The maximum Gasteiger partial charge on any atom is 0.417 e. The number of anilines is 1. The minimum Gasteiger partial charge on any atom is -0.392 e. The second kappa shape index (κ2) is 6.61. The SMILES string of the molecule is CC(O)CNc1ncc(C#N)c(-c2c[nH]c3ncc(C(F)(F)F)cc23)n1. The maximum absolute atomic E-state index is 13.0. The summed E-state index contributed by atoms with van der Waals surface area (Å²) in [5, 5.41) is 21.6. The molecule has 0 aromatic carbocycles. The van der Waals surface area contributed by atoms with Crippen molar-refractivity contribution in [3.8, 4) is 17.3 Å². The van der Waals surface area contributed by atoms with Gasteiger partial charge in [-0.25, -0.2) is 15.0 Å². The van der Waals surface area contributed by atoms with Crippen molar-refractivity contribution in [3.05, 3.63) is 35.8 Å². The number of halogens is 3. The Kier molecular flexibility index (Phi) is 4.48. The van der Waals surface area contributed by atoms with E-state index in [2.05, 4.69) is 25.3 Å². The van der Waals surface area contributed by atoms with E-state index < -0.39 is 17.8 Å². The van der Waals surface area contributed by atoms with Gasteiger partial charge in [-0.2, -0.15) is 18.4 Å². The van der Waals surface area contributed by atoms with E-state index in [4.69, 9.17) is 0 Å². The Bertz CT molecular complexity index is 990. The third kappa shape index (κ3) is 3.43. The Hall–Kier alpha value is -3.19. The number of aromatic nitrogens is 4. The van der Waals surface area contributed by atoms with Crippen molar-refractivity contribution in [2.24, 2.45) is 0 Å². The lowest BCUT2D eigenvalue weighted by atomic mass is 10.1. The average Bonchev–Trinajstić information content (AvgIpc) is 3.02. The van der Waals surface area contributed by atoms with Crippen LogP contribution in [0.15, 0.2) is 24.7 Å². The molecular formula is C16H13F3N6O. The molecule has 3 heterocycles. The summed E-state index contributed by atoms with van der Waals surface area (Å²) in [5.74, 6) is 0.147. The number of fused-ring (bicyclic) bond motifs is 1. The number of H-pyrrole nitrogens is 1. The first-order valence-corrected chi connectivity index (χ1v) is 7.53. The Morgan fingerprint density at radius 2 is 2.12 bits per heavy atom. The molecule has 0 saturated heterocycles. The van der Waals surface area contributed by atoms with Gasteiger partial charge in [0.25, 0.3) is 0 Å². The Balaban J connectivity index is 2.13.